The molecule has 0 amide bonds. The Hall–Kier alpha value is -3.05. The van der Waals surface area contributed by atoms with Crippen LogP contribution in [0.1, 0.15) is 39.9 Å². The number of aliphatic hydroxyl groups is 1. The first-order valence-electron chi connectivity index (χ1n) is 10.8. The zero-order valence-corrected chi connectivity index (χ0v) is 18.4. The van der Waals surface area contributed by atoms with Crippen molar-refractivity contribution in [3.63, 3.8) is 0 Å². The highest BCUT2D eigenvalue weighted by Crippen LogP contribution is 2.30. The van der Waals surface area contributed by atoms with Gasteiger partial charge in [0.05, 0.1) is 18.8 Å². The first-order valence-corrected chi connectivity index (χ1v) is 10.8. The number of fused-ring (bicyclic) bond motifs is 1. The lowest BCUT2D eigenvalue weighted by Gasteiger charge is -2.32. The number of benzene rings is 3. The number of piperidine rings is 1. The van der Waals surface area contributed by atoms with Gasteiger partial charge in [-0.05, 0) is 72.4 Å². The molecule has 2 N–H and O–H groups in total. The van der Waals surface area contributed by atoms with Crippen molar-refractivity contribution in [1.82, 2.24) is 0 Å². The van der Waals surface area contributed by atoms with Crippen LogP contribution in [0.3, 0.4) is 0 Å². The molecule has 162 valence electrons. The van der Waals surface area contributed by atoms with E-state index < -0.39 is 0 Å². The van der Waals surface area contributed by atoms with Gasteiger partial charge in [0.1, 0.15) is 0 Å². The number of nitrogens with one attached hydrogen (secondary N) is 1. The van der Waals surface area contributed by atoms with Crippen LogP contribution in [0.15, 0.2) is 48.5 Å². The minimum atomic E-state index is -0.319. The van der Waals surface area contributed by atoms with Gasteiger partial charge in [-0.25, -0.2) is 4.79 Å². The Bertz CT molecular complexity index is 1100. The van der Waals surface area contributed by atoms with Crippen LogP contribution in [0.2, 0.25) is 0 Å². The maximum atomic E-state index is 12.1. The van der Waals surface area contributed by atoms with Gasteiger partial charge < -0.3 is 20.1 Å². The molecule has 1 heterocycles. The molecule has 0 spiro atoms. The van der Waals surface area contributed by atoms with E-state index in [1.807, 2.05) is 26.0 Å². The normalized spacial score (nSPS) is 14.6. The Morgan fingerprint density at radius 2 is 1.87 bits per heavy atom. The fourth-order valence-electron chi connectivity index (χ4n) is 4.46. The Labute approximate surface area is 183 Å². The molecule has 3 aromatic carbocycles. The summed E-state index contributed by atoms with van der Waals surface area (Å²) in [7, 11) is 1.41. The molecule has 5 nitrogen and oxygen atoms in total. The van der Waals surface area contributed by atoms with Crippen molar-refractivity contribution in [1.29, 1.82) is 0 Å². The first kappa shape index (κ1) is 21.2. The van der Waals surface area contributed by atoms with Crippen molar-refractivity contribution >= 4 is 28.1 Å². The van der Waals surface area contributed by atoms with Crippen molar-refractivity contribution in [3.05, 3.63) is 70.8 Å². The average molecular weight is 419 g/mol. The van der Waals surface area contributed by atoms with Gasteiger partial charge in [0.15, 0.2) is 0 Å². The molecule has 0 atom stereocenters. The Kier molecular flexibility index (Phi) is 6.14. The molecule has 5 heteroatoms. The summed E-state index contributed by atoms with van der Waals surface area (Å²) in [5.74, 6) is -0.319. The number of carbonyl (C=O) groups is 1. The van der Waals surface area contributed by atoms with Crippen LogP contribution in [-0.2, 0) is 11.3 Å². The smallest absolute Gasteiger partial charge is 0.338 e. The maximum absolute atomic E-state index is 12.1. The number of hydrogen-bond donors (Lipinski definition) is 2. The minimum absolute atomic E-state index is 0.189. The van der Waals surface area contributed by atoms with E-state index in [0.717, 1.165) is 42.7 Å². The molecule has 0 aromatic heterocycles. The third-order valence-electron chi connectivity index (χ3n) is 6.30. The van der Waals surface area contributed by atoms with E-state index in [-0.39, 0.29) is 12.1 Å². The van der Waals surface area contributed by atoms with Gasteiger partial charge >= 0.3 is 5.97 Å². The molecular weight excluding hydrogens is 388 g/mol. The van der Waals surface area contributed by atoms with Gasteiger partial charge in [-0.3, -0.25) is 0 Å². The number of anilines is 2. The highest BCUT2D eigenvalue weighted by molar-refractivity contribution is 5.93. The molecule has 4 rings (SSSR count). The molecule has 0 aliphatic carbocycles. The standard InChI is InChI=1S/C26H30N2O3/c1-17-8-9-23(26(30)31-3)18(2)25(17)27-16-20-15-21(28-12-10-22(29)11-13-28)14-19-6-4-5-7-24(19)20/h4-9,14-15,22,27,29H,10-13,16H2,1-3H3. The summed E-state index contributed by atoms with van der Waals surface area (Å²) in [4.78, 5) is 14.5. The second kappa shape index (κ2) is 8.98. The Morgan fingerprint density at radius 3 is 2.61 bits per heavy atom. The molecule has 0 radical (unpaired) electrons. The van der Waals surface area contributed by atoms with E-state index in [1.165, 1.54) is 29.1 Å². The predicted molar refractivity (Wildman–Crippen MR) is 126 cm³/mol. The Balaban J connectivity index is 1.66. The fourth-order valence-corrected chi connectivity index (χ4v) is 4.46. The summed E-state index contributed by atoms with van der Waals surface area (Å²) < 4.78 is 4.93. The SMILES string of the molecule is COC(=O)c1ccc(C)c(NCc2cc(N3CCC(O)CC3)cc3ccccc23)c1C. The van der Waals surface area contributed by atoms with Crippen LogP contribution in [0.5, 0.6) is 0 Å². The third kappa shape index (κ3) is 4.37. The largest absolute Gasteiger partial charge is 0.465 e. The zero-order chi connectivity index (χ0) is 22.0. The zero-order valence-electron chi connectivity index (χ0n) is 18.4. The number of carbonyl (C=O) groups excluding carboxylic acids is 1. The highest BCUT2D eigenvalue weighted by atomic mass is 16.5. The topological polar surface area (TPSA) is 61.8 Å². The van der Waals surface area contributed by atoms with E-state index in [1.54, 1.807) is 0 Å². The number of esters is 1. The minimum Gasteiger partial charge on any atom is -0.465 e. The summed E-state index contributed by atoms with van der Waals surface area (Å²) in [6.45, 7) is 6.38. The molecule has 1 aliphatic rings. The fraction of sp³-hybridized carbons (Fsp3) is 0.346. The number of hydrogen-bond acceptors (Lipinski definition) is 5. The number of nitrogens with zero attached hydrogens (tertiary/aromatic N) is 1. The molecular formula is C26H30N2O3. The molecule has 1 fully saturated rings. The summed E-state index contributed by atoms with van der Waals surface area (Å²) in [5, 5.41) is 15.9. The van der Waals surface area contributed by atoms with Crippen LogP contribution < -0.4 is 10.2 Å². The van der Waals surface area contributed by atoms with Crippen LogP contribution in [0, 0.1) is 13.8 Å². The lowest BCUT2D eigenvalue weighted by molar-refractivity contribution is 0.0600. The summed E-state index contributed by atoms with van der Waals surface area (Å²) in [5.41, 5.74) is 5.95. The van der Waals surface area contributed by atoms with E-state index in [9.17, 15) is 9.90 Å². The molecule has 0 unspecified atom stereocenters. The maximum Gasteiger partial charge on any atom is 0.338 e. The van der Waals surface area contributed by atoms with E-state index in [2.05, 4.69) is 46.6 Å². The van der Waals surface area contributed by atoms with Gasteiger partial charge in [-0.2, -0.15) is 0 Å². The van der Waals surface area contributed by atoms with Crippen molar-refractivity contribution in [2.24, 2.45) is 0 Å². The number of ether oxygens (including phenoxy) is 1. The molecule has 31 heavy (non-hydrogen) atoms. The summed E-state index contributed by atoms with van der Waals surface area (Å²) >= 11 is 0. The van der Waals surface area contributed by atoms with Crippen LogP contribution in [0.25, 0.3) is 10.8 Å². The average Bonchev–Trinajstić information content (AvgIpc) is 2.78. The van der Waals surface area contributed by atoms with Gasteiger partial charge in [0.2, 0.25) is 0 Å². The van der Waals surface area contributed by atoms with Gasteiger partial charge in [-0.15, -0.1) is 0 Å². The second-order valence-electron chi connectivity index (χ2n) is 8.32. The lowest BCUT2D eigenvalue weighted by Crippen LogP contribution is -2.35. The summed E-state index contributed by atoms with van der Waals surface area (Å²) in [6.07, 6.45) is 1.42. The number of rotatable bonds is 5. The van der Waals surface area contributed by atoms with Gasteiger partial charge in [0, 0.05) is 31.0 Å². The van der Waals surface area contributed by atoms with E-state index in [0.29, 0.717) is 12.1 Å². The highest BCUT2D eigenvalue weighted by Gasteiger charge is 2.19. The van der Waals surface area contributed by atoms with Crippen molar-refractivity contribution in [2.75, 3.05) is 30.4 Å². The van der Waals surface area contributed by atoms with E-state index in [4.69, 9.17) is 4.74 Å². The number of aliphatic hydroxyl groups excluding tert-OH is 1. The van der Waals surface area contributed by atoms with Crippen LogP contribution >= 0.6 is 0 Å². The second-order valence-corrected chi connectivity index (χ2v) is 8.32. The van der Waals surface area contributed by atoms with Crippen LogP contribution in [-0.4, -0.2) is 37.4 Å². The number of methoxy groups -OCH3 is 1. The van der Waals surface area contributed by atoms with Crippen molar-refractivity contribution in [2.45, 2.75) is 39.3 Å². The molecule has 0 bridgehead atoms. The molecule has 1 saturated heterocycles. The monoisotopic (exact) mass is 418 g/mol. The van der Waals surface area contributed by atoms with E-state index >= 15 is 0 Å². The predicted octanol–water partition coefficient (Wildman–Crippen LogP) is 4.82. The number of aryl methyl sites for hydroxylation is 1. The van der Waals surface area contributed by atoms with Gasteiger partial charge in [-0.1, -0.05) is 30.3 Å². The third-order valence-corrected chi connectivity index (χ3v) is 6.30. The van der Waals surface area contributed by atoms with Crippen LogP contribution in [0.4, 0.5) is 11.4 Å². The molecule has 0 saturated carbocycles. The van der Waals surface area contributed by atoms with Crippen molar-refractivity contribution in [3.8, 4) is 0 Å². The Morgan fingerprint density at radius 1 is 1.13 bits per heavy atom. The molecule has 3 aromatic rings. The molecule has 1 aliphatic heterocycles. The lowest BCUT2D eigenvalue weighted by atomic mass is 9.99. The summed E-state index contributed by atoms with van der Waals surface area (Å²) in [6, 6.07) is 16.7. The van der Waals surface area contributed by atoms with Crippen molar-refractivity contribution < 1.29 is 14.6 Å². The quantitative estimate of drug-likeness (QED) is 0.582. The first-order chi connectivity index (χ1) is 15.0. The van der Waals surface area contributed by atoms with Gasteiger partial charge in [0.25, 0.3) is 0 Å².